The third-order valence-electron chi connectivity index (χ3n) is 6.25. The number of anilines is 1. The van der Waals surface area contributed by atoms with Gasteiger partial charge in [0.25, 0.3) is 0 Å². The first-order chi connectivity index (χ1) is 16.8. The molecule has 5 rings (SSSR count). The van der Waals surface area contributed by atoms with Crippen LogP contribution in [0.3, 0.4) is 0 Å². The van der Waals surface area contributed by atoms with E-state index in [2.05, 4.69) is 20.8 Å². The number of aromatic nitrogens is 4. The summed E-state index contributed by atoms with van der Waals surface area (Å²) in [5.74, 6) is -0.710. The topological polar surface area (TPSA) is 110 Å². The third kappa shape index (κ3) is 4.52. The molecule has 9 nitrogen and oxygen atoms in total. The Bertz CT molecular complexity index is 1510. The van der Waals surface area contributed by atoms with Crippen LogP contribution >= 0.6 is 0 Å². The molecule has 0 bridgehead atoms. The molecule has 2 heterocycles. The fourth-order valence-electron chi connectivity index (χ4n) is 4.29. The smallest absolute Gasteiger partial charge is 0.243 e. The van der Waals surface area contributed by atoms with Crippen molar-refractivity contribution < 1.29 is 17.6 Å². The lowest BCUT2D eigenvalue weighted by Gasteiger charge is -2.30. The van der Waals surface area contributed by atoms with Gasteiger partial charge in [-0.3, -0.25) is 4.79 Å². The molecule has 4 aromatic rings. The summed E-state index contributed by atoms with van der Waals surface area (Å²) in [5.41, 5.74) is 0.536. The highest BCUT2D eigenvalue weighted by Gasteiger charge is 2.32. The fourth-order valence-corrected chi connectivity index (χ4v) is 5.79. The Labute approximate surface area is 201 Å². The van der Waals surface area contributed by atoms with Crippen LogP contribution in [0.15, 0.2) is 65.6 Å². The quantitative estimate of drug-likeness (QED) is 0.456. The summed E-state index contributed by atoms with van der Waals surface area (Å²) in [7, 11) is -3.66. The van der Waals surface area contributed by atoms with Crippen LogP contribution in [0.4, 0.5) is 10.1 Å². The van der Waals surface area contributed by atoms with Crippen LogP contribution in [-0.2, 0) is 14.8 Å². The molecule has 3 aromatic carbocycles. The number of fused-ring (bicyclic) bond motifs is 1. The lowest BCUT2D eigenvalue weighted by atomic mass is 9.97. The van der Waals surface area contributed by atoms with Crippen LogP contribution in [0.5, 0.6) is 0 Å². The van der Waals surface area contributed by atoms with E-state index >= 15 is 0 Å². The summed E-state index contributed by atoms with van der Waals surface area (Å²) in [6.07, 6.45) is 0.775. The molecule has 0 unspecified atom stereocenters. The molecule has 0 spiro atoms. The molecule has 0 saturated carbocycles. The van der Waals surface area contributed by atoms with Crippen molar-refractivity contribution in [1.29, 1.82) is 0 Å². The van der Waals surface area contributed by atoms with Gasteiger partial charge in [-0.05, 0) is 71.3 Å². The first-order valence-corrected chi connectivity index (χ1v) is 12.6. The van der Waals surface area contributed by atoms with E-state index in [0.717, 1.165) is 10.8 Å². The van der Waals surface area contributed by atoms with Gasteiger partial charge in [0.1, 0.15) is 11.5 Å². The van der Waals surface area contributed by atoms with E-state index in [1.807, 2.05) is 24.3 Å². The number of benzene rings is 3. The Morgan fingerprint density at radius 2 is 1.77 bits per heavy atom. The highest BCUT2D eigenvalue weighted by Crippen LogP contribution is 2.27. The van der Waals surface area contributed by atoms with E-state index in [0.29, 0.717) is 24.4 Å². The van der Waals surface area contributed by atoms with Crippen molar-refractivity contribution in [2.24, 2.45) is 5.92 Å². The second-order valence-corrected chi connectivity index (χ2v) is 10.4. The van der Waals surface area contributed by atoms with Crippen molar-refractivity contribution in [3.05, 3.63) is 72.3 Å². The van der Waals surface area contributed by atoms with Crippen LogP contribution in [-0.4, -0.2) is 51.9 Å². The predicted octanol–water partition coefficient (Wildman–Crippen LogP) is 3.30. The molecule has 1 aliphatic heterocycles. The van der Waals surface area contributed by atoms with Crippen molar-refractivity contribution in [3.8, 4) is 5.69 Å². The van der Waals surface area contributed by atoms with Gasteiger partial charge in [0.2, 0.25) is 15.9 Å². The largest absolute Gasteiger partial charge is 0.326 e. The normalized spacial score (nSPS) is 15.4. The zero-order valence-corrected chi connectivity index (χ0v) is 19.7. The van der Waals surface area contributed by atoms with E-state index in [1.54, 1.807) is 25.1 Å². The van der Waals surface area contributed by atoms with Crippen LogP contribution in [0.1, 0.15) is 18.7 Å². The summed E-state index contributed by atoms with van der Waals surface area (Å²) < 4.78 is 43.3. The van der Waals surface area contributed by atoms with Gasteiger partial charge in [-0.1, -0.05) is 30.3 Å². The lowest BCUT2D eigenvalue weighted by molar-refractivity contribution is -0.120. The SMILES string of the molecule is Cc1nnnn1-c1cc(NC(=O)C2CCN(S(=O)(=O)c3ccc4ccccc4c3)CC2)ccc1F. The van der Waals surface area contributed by atoms with Crippen molar-refractivity contribution in [3.63, 3.8) is 0 Å². The predicted molar refractivity (Wildman–Crippen MR) is 128 cm³/mol. The van der Waals surface area contributed by atoms with Gasteiger partial charge in [0, 0.05) is 24.7 Å². The summed E-state index contributed by atoms with van der Waals surface area (Å²) in [4.78, 5) is 13.1. The average molecular weight is 495 g/mol. The average Bonchev–Trinajstić information content (AvgIpc) is 3.30. The Hall–Kier alpha value is -3.70. The second kappa shape index (κ2) is 9.16. The van der Waals surface area contributed by atoms with Crippen molar-refractivity contribution in [2.75, 3.05) is 18.4 Å². The molecule has 1 saturated heterocycles. The molecule has 35 heavy (non-hydrogen) atoms. The molecule has 0 radical (unpaired) electrons. The Morgan fingerprint density at radius 1 is 1.03 bits per heavy atom. The van der Waals surface area contributed by atoms with Gasteiger partial charge in [-0.2, -0.15) is 8.99 Å². The Morgan fingerprint density at radius 3 is 2.49 bits per heavy atom. The monoisotopic (exact) mass is 494 g/mol. The van der Waals surface area contributed by atoms with E-state index in [4.69, 9.17) is 0 Å². The molecule has 1 fully saturated rings. The van der Waals surface area contributed by atoms with Gasteiger partial charge >= 0.3 is 0 Å². The number of tetrazole rings is 1. The number of hydrogen-bond donors (Lipinski definition) is 1. The van der Waals surface area contributed by atoms with E-state index in [-0.39, 0.29) is 35.5 Å². The number of aryl methyl sites for hydroxylation is 1. The third-order valence-corrected chi connectivity index (χ3v) is 8.15. The summed E-state index contributed by atoms with van der Waals surface area (Å²) >= 11 is 0. The number of amides is 1. The number of carbonyl (C=O) groups excluding carboxylic acids is 1. The number of piperidine rings is 1. The lowest BCUT2D eigenvalue weighted by Crippen LogP contribution is -2.41. The van der Waals surface area contributed by atoms with Crippen molar-refractivity contribution in [2.45, 2.75) is 24.7 Å². The number of nitrogens with zero attached hydrogens (tertiary/aromatic N) is 5. The van der Waals surface area contributed by atoms with Crippen LogP contribution in [0.2, 0.25) is 0 Å². The summed E-state index contributed by atoms with van der Waals surface area (Å²) in [5, 5.41) is 15.7. The van der Waals surface area contributed by atoms with Crippen molar-refractivity contribution in [1.82, 2.24) is 24.5 Å². The van der Waals surface area contributed by atoms with E-state index in [9.17, 15) is 17.6 Å². The maximum atomic E-state index is 14.3. The number of hydrogen-bond acceptors (Lipinski definition) is 6. The van der Waals surface area contributed by atoms with Crippen LogP contribution < -0.4 is 5.32 Å². The van der Waals surface area contributed by atoms with Crippen LogP contribution in [0.25, 0.3) is 16.5 Å². The van der Waals surface area contributed by atoms with Crippen LogP contribution in [0, 0.1) is 18.7 Å². The molecule has 11 heteroatoms. The minimum Gasteiger partial charge on any atom is -0.326 e. The van der Waals surface area contributed by atoms with Gasteiger partial charge in [0.05, 0.1) is 4.90 Å². The molecular formula is C24H23FN6O3S. The molecule has 1 N–H and O–H groups in total. The highest BCUT2D eigenvalue weighted by atomic mass is 32.2. The molecule has 1 aromatic heterocycles. The number of halogens is 1. The van der Waals surface area contributed by atoms with E-state index < -0.39 is 15.8 Å². The van der Waals surface area contributed by atoms with Gasteiger partial charge in [-0.15, -0.1) is 5.10 Å². The first-order valence-electron chi connectivity index (χ1n) is 11.2. The van der Waals surface area contributed by atoms with Gasteiger partial charge < -0.3 is 5.32 Å². The Balaban J connectivity index is 1.25. The Kier molecular flexibility index (Phi) is 6.03. The zero-order valence-electron chi connectivity index (χ0n) is 18.9. The molecule has 1 amide bonds. The standard InChI is InChI=1S/C24H23FN6O3S/c1-16-27-28-29-31(16)23-15-20(7-9-22(23)25)26-24(32)18-10-12-30(13-11-18)35(33,34)21-8-6-17-4-2-3-5-19(17)14-21/h2-9,14-15,18H,10-13H2,1H3,(H,26,32). The van der Waals surface area contributed by atoms with Crippen molar-refractivity contribution >= 4 is 32.4 Å². The summed E-state index contributed by atoms with van der Waals surface area (Å²) in [6.45, 7) is 2.13. The van der Waals surface area contributed by atoms with E-state index in [1.165, 1.54) is 27.2 Å². The zero-order chi connectivity index (χ0) is 24.6. The minimum absolute atomic E-state index is 0.126. The maximum Gasteiger partial charge on any atom is 0.243 e. The molecule has 0 atom stereocenters. The fraction of sp³-hybridized carbons (Fsp3) is 0.250. The molecule has 1 aliphatic rings. The molecule has 180 valence electrons. The number of rotatable bonds is 5. The number of nitrogens with one attached hydrogen (secondary N) is 1. The van der Waals surface area contributed by atoms with Gasteiger partial charge in [-0.25, -0.2) is 12.8 Å². The molecule has 0 aliphatic carbocycles. The maximum absolute atomic E-state index is 14.3. The number of carbonyl (C=O) groups is 1. The van der Waals surface area contributed by atoms with Gasteiger partial charge in [0.15, 0.2) is 5.82 Å². The number of sulfonamides is 1. The first kappa shape index (κ1) is 23.1. The molecular weight excluding hydrogens is 471 g/mol. The second-order valence-electron chi connectivity index (χ2n) is 8.48. The highest BCUT2D eigenvalue weighted by molar-refractivity contribution is 7.89. The minimum atomic E-state index is -3.66. The summed E-state index contributed by atoms with van der Waals surface area (Å²) in [6, 6.07) is 16.9.